The molecule has 0 radical (unpaired) electrons. The SMILES string of the molecule is CCCNCc1ccc(F)cc1-c1csc(C)c1. The Hall–Kier alpha value is -1.19. The van der Waals surface area contributed by atoms with Gasteiger partial charge in [0.15, 0.2) is 0 Å². The zero-order valence-electron chi connectivity index (χ0n) is 10.8. The molecule has 1 aromatic carbocycles. The molecule has 0 atom stereocenters. The molecule has 0 aliphatic heterocycles. The molecule has 0 amide bonds. The van der Waals surface area contributed by atoms with Gasteiger partial charge in [0.05, 0.1) is 0 Å². The van der Waals surface area contributed by atoms with Crippen LogP contribution < -0.4 is 5.32 Å². The molecule has 96 valence electrons. The molecule has 0 unspecified atom stereocenters. The summed E-state index contributed by atoms with van der Waals surface area (Å²) < 4.78 is 13.4. The van der Waals surface area contributed by atoms with Crippen molar-refractivity contribution in [1.82, 2.24) is 5.32 Å². The van der Waals surface area contributed by atoms with Crippen LogP contribution >= 0.6 is 11.3 Å². The molecule has 18 heavy (non-hydrogen) atoms. The molecule has 0 saturated carbocycles. The number of halogens is 1. The van der Waals surface area contributed by atoms with Gasteiger partial charge < -0.3 is 5.32 Å². The van der Waals surface area contributed by atoms with Gasteiger partial charge in [0.2, 0.25) is 0 Å². The first kappa shape index (κ1) is 13.2. The third-order valence-corrected chi connectivity index (χ3v) is 3.72. The van der Waals surface area contributed by atoms with E-state index < -0.39 is 0 Å². The summed E-state index contributed by atoms with van der Waals surface area (Å²) in [6.07, 6.45) is 1.11. The number of nitrogens with one attached hydrogen (secondary N) is 1. The van der Waals surface area contributed by atoms with E-state index in [0.717, 1.165) is 36.2 Å². The minimum atomic E-state index is -0.173. The summed E-state index contributed by atoms with van der Waals surface area (Å²) in [5.74, 6) is -0.173. The number of benzene rings is 1. The zero-order valence-corrected chi connectivity index (χ0v) is 11.6. The van der Waals surface area contributed by atoms with Gasteiger partial charge in [-0.05, 0) is 60.2 Å². The van der Waals surface area contributed by atoms with E-state index in [1.165, 1.54) is 10.9 Å². The highest BCUT2D eigenvalue weighted by Crippen LogP contribution is 2.29. The Morgan fingerprint density at radius 3 is 2.78 bits per heavy atom. The molecule has 1 nitrogen and oxygen atoms in total. The third kappa shape index (κ3) is 3.18. The van der Waals surface area contributed by atoms with Gasteiger partial charge in [-0.1, -0.05) is 13.0 Å². The van der Waals surface area contributed by atoms with E-state index in [-0.39, 0.29) is 5.82 Å². The summed E-state index contributed by atoms with van der Waals surface area (Å²) in [7, 11) is 0. The monoisotopic (exact) mass is 263 g/mol. The number of hydrogen-bond donors (Lipinski definition) is 1. The van der Waals surface area contributed by atoms with Crippen molar-refractivity contribution in [2.24, 2.45) is 0 Å². The maximum absolute atomic E-state index is 13.4. The van der Waals surface area contributed by atoms with Crippen molar-refractivity contribution in [2.45, 2.75) is 26.8 Å². The largest absolute Gasteiger partial charge is 0.313 e. The first-order valence-electron chi connectivity index (χ1n) is 6.25. The molecule has 0 bridgehead atoms. The Morgan fingerprint density at radius 2 is 2.11 bits per heavy atom. The van der Waals surface area contributed by atoms with Crippen molar-refractivity contribution in [3.05, 3.63) is 45.9 Å². The van der Waals surface area contributed by atoms with Crippen LogP contribution in [0.5, 0.6) is 0 Å². The molecule has 0 aliphatic carbocycles. The second kappa shape index (κ2) is 6.12. The van der Waals surface area contributed by atoms with Crippen LogP contribution in [-0.2, 0) is 6.54 Å². The molecule has 2 aromatic rings. The Kier molecular flexibility index (Phi) is 4.50. The lowest BCUT2D eigenvalue weighted by atomic mass is 10.0. The number of rotatable bonds is 5. The highest BCUT2D eigenvalue weighted by molar-refractivity contribution is 7.10. The van der Waals surface area contributed by atoms with Gasteiger partial charge in [0.25, 0.3) is 0 Å². The van der Waals surface area contributed by atoms with Crippen molar-refractivity contribution in [1.29, 1.82) is 0 Å². The lowest BCUT2D eigenvalue weighted by Crippen LogP contribution is -2.14. The number of aryl methyl sites for hydroxylation is 1. The first-order chi connectivity index (χ1) is 8.70. The van der Waals surface area contributed by atoms with E-state index >= 15 is 0 Å². The van der Waals surface area contributed by atoms with Crippen LogP contribution in [-0.4, -0.2) is 6.54 Å². The molecule has 0 saturated heterocycles. The topological polar surface area (TPSA) is 12.0 Å². The van der Waals surface area contributed by atoms with E-state index in [2.05, 4.69) is 30.6 Å². The summed E-state index contributed by atoms with van der Waals surface area (Å²) >= 11 is 1.70. The summed E-state index contributed by atoms with van der Waals surface area (Å²) in [6, 6.07) is 7.15. The van der Waals surface area contributed by atoms with Crippen LogP contribution in [0.1, 0.15) is 23.8 Å². The lowest BCUT2D eigenvalue weighted by Gasteiger charge is -2.09. The predicted molar refractivity (Wildman–Crippen MR) is 76.4 cm³/mol. The van der Waals surface area contributed by atoms with Gasteiger partial charge in [-0.15, -0.1) is 11.3 Å². The van der Waals surface area contributed by atoms with Gasteiger partial charge in [0.1, 0.15) is 5.82 Å². The van der Waals surface area contributed by atoms with E-state index in [1.54, 1.807) is 17.4 Å². The average Bonchev–Trinajstić information content (AvgIpc) is 2.78. The second-order valence-corrected chi connectivity index (χ2v) is 5.54. The van der Waals surface area contributed by atoms with Crippen molar-refractivity contribution >= 4 is 11.3 Å². The number of hydrogen-bond acceptors (Lipinski definition) is 2. The zero-order chi connectivity index (χ0) is 13.0. The summed E-state index contributed by atoms with van der Waals surface area (Å²) in [5.41, 5.74) is 3.27. The quantitative estimate of drug-likeness (QED) is 0.790. The minimum absolute atomic E-state index is 0.173. The Morgan fingerprint density at radius 1 is 1.28 bits per heavy atom. The predicted octanol–water partition coefficient (Wildman–Crippen LogP) is 4.36. The highest BCUT2D eigenvalue weighted by atomic mass is 32.1. The van der Waals surface area contributed by atoms with Crippen LogP contribution in [0, 0.1) is 12.7 Å². The van der Waals surface area contributed by atoms with E-state index in [1.807, 2.05) is 6.07 Å². The van der Waals surface area contributed by atoms with E-state index in [4.69, 9.17) is 0 Å². The molecule has 1 N–H and O–H groups in total. The average molecular weight is 263 g/mol. The van der Waals surface area contributed by atoms with Crippen LogP contribution in [0.15, 0.2) is 29.6 Å². The molecule has 0 fully saturated rings. The van der Waals surface area contributed by atoms with Crippen molar-refractivity contribution in [3.8, 4) is 11.1 Å². The lowest BCUT2D eigenvalue weighted by molar-refractivity contribution is 0.625. The maximum atomic E-state index is 13.4. The molecular formula is C15H18FNS. The minimum Gasteiger partial charge on any atom is -0.313 e. The van der Waals surface area contributed by atoms with Crippen LogP contribution in [0.4, 0.5) is 4.39 Å². The smallest absolute Gasteiger partial charge is 0.123 e. The van der Waals surface area contributed by atoms with E-state index in [9.17, 15) is 4.39 Å². The van der Waals surface area contributed by atoms with Gasteiger partial charge in [-0.25, -0.2) is 4.39 Å². The normalized spacial score (nSPS) is 10.8. The van der Waals surface area contributed by atoms with E-state index in [0.29, 0.717) is 0 Å². The van der Waals surface area contributed by atoms with Crippen LogP contribution in [0.25, 0.3) is 11.1 Å². The van der Waals surface area contributed by atoms with Gasteiger partial charge in [-0.2, -0.15) is 0 Å². The number of thiophene rings is 1. The molecule has 2 rings (SSSR count). The Labute approximate surface area is 112 Å². The fraction of sp³-hybridized carbons (Fsp3) is 0.333. The van der Waals surface area contributed by atoms with Crippen molar-refractivity contribution in [2.75, 3.05) is 6.54 Å². The van der Waals surface area contributed by atoms with Crippen molar-refractivity contribution in [3.63, 3.8) is 0 Å². The fourth-order valence-corrected chi connectivity index (χ4v) is 2.66. The Balaban J connectivity index is 2.29. The molecule has 0 spiro atoms. The van der Waals surface area contributed by atoms with Crippen molar-refractivity contribution < 1.29 is 4.39 Å². The molecular weight excluding hydrogens is 245 g/mol. The van der Waals surface area contributed by atoms with Crippen LogP contribution in [0.2, 0.25) is 0 Å². The maximum Gasteiger partial charge on any atom is 0.123 e. The fourth-order valence-electron chi connectivity index (χ4n) is 1.96. The summed E-state index contributed by atoms with van der Waals surface area (Å²) in [5, 5.41) is 5.46. The third-order valence-electron chi connectivity index (χ3n) is 2.86. The molecule has 3 heteroatoms. The van der Waals surface area contributed by atoms with Crippen LogP contribution in [0.3, 0.4) is 0 Å². The molecule has 1 heterocycles. The standard InChI is InChI=1S/C15H18FNS/c1-3-6-17-9-12-4-5-14(16)8-15(12)13-7-11(2)18-10-13/h4-5,7-8,10,17H,3,6,9H2,1-2H3. The second-order valence-electron chi connectivity index (χ2n) is 4.42. The summed E-state index contributed by atoms with van der Waals surface area (Å²) in [4.78, 5) is 1.25. The summed E-state index contributed by atoms with van der Waals surface area (Å²) in [6.45, 7) is 5.99. The first-order valence-corrected chi connectivity index (χ1v) is 7.13. The van der Waals surface area contributed by atoms with Gasteiger partial charge in [-0.3, -0.25) is 0 Å². The molecule has 0 aliphatic rings. The van der Waals surface area contributed by atoms with Gasteiger partial charge >= 0.3 is 0 Å². The van der Waals surface area contributed by atoms with Gasteiger partial charge in [0, 0.05) is 11.4 Å². The highest BCUT2D eigenvalue weighted by Gasteiger charge is 2.08. The molecule has 1 aromatic heterocycles. The Bertz CT molecular complexity index is 519.